The molecule has 17 heavy (non-hydrogen) atoms. The molecule has 0 N–H and O–H groups in total. The Morgan fingerprint density at radius 2 is 1.76 bits per heavy atom. The van der Waals surface area contributed by atoms with Gasteiger partial charge in [-0.1, -0.05) is 47.6 Å². The first-order valence-electron chi connectivity index (χ1n) is 6.20. The predicted octanol–water partition coefficient (Wildman–Crippen LogP) is 4.98. The summed E-state index contributed by atoms with van der Waals surface area (Å²) in [6, 6.07) is 6.72. The summed E-state index contributed by atoms with van der Waals surface area (Å²) in [7, 11) is 0. The highest BCUT2D eigenvalue weighted by atomic mass is 14.1. The first-order chi connectivity index (χ1) is 8.08. The Morgan fingerprint density at radius 3 is 2.47 bits per heavy atom. The van der Waals surface area contributed by atoms with E-state index in [1.807, 2.05) is 0 Å². The van der Waals surface area contributed by atoms with E-state index in [1.54, 1.807) is 0 Å². The van der Waals surface area contributed by atoms with E-state index in [0.29, 0.717) is 0 Å². The molecule has 0 heteroatoms. The minimum Gasteiger partial charge on any atom is -0.0798 e. The van der Waals surface area contributed by atoms with Gasteiger partial charge in [-0.2, -0.15) is 0 Å². The molecule has 1 aromatic rings. The predicted molar refractivity (Wildman–Crippen MR) is 76.0 cm³/mol. The molecule has 0 spiro atoms. The van der Waals surface area contributed by atoms with Gasteiger partial charge >= 0.3 is 0 Å². The van der Waals surface area contributed by atoms with E-state index in [0.717, 1.165) is 6.42 Å². The maximum absolute atomic E-state index is 2.28. The van der Waals surface area contributed by atoms with Crippen molar-refractivity contribution >= 4 is 5.57 Å². The third-order valence-corrected chi connectivity index (χ3v) is 3.33. The van der Waals surface area contributed by atoms with Gasteiger partial charge in [0.15, 0.2) is 0 Å². The van der Waals surface area contributed by atoms with Crippen molar-refractivity contribution in [3.63, 3.8) is 0 Å². The van der Waals surface area contributed by atoms with Gasteiger partial charge in [-0.25, -0.2) is 0 Å². The molecular formula is C17H20. The Morgan fingerprint density at radius 1 is 1.00 bits per heavy atom. The SMILES string of the molecule is CC1=CC(C)=C(c2ccc(C)cc2C)CC=C1. The fraction of sp³-hybridized carbons (Fsp3) is 0.294. The molecular weight excluding hydrogens is 204 g/mol. The lowest BCUT2D eigenvalue weighted by Crippen LogP contribution is -1.91. The summed E-state index contributed by atoms with van der Waals surface area (Å²) in [6.45, 7) is 8.72. The molecule has 0 aliphatic heterocycles. The standard InChI is InChI=1S/C17H20/c1-12-6-5-7-16(14(3)10-12)17-9-8-13(2)11-15(17)4/h5-6,8-11H,7H2,1-4H3. The van der Waals surface area contributed by atoms with Gasteiger partial charge in [0, 0.05) is 0 Å². The van der Waals surface area contributed by atoms with Crippen LogP contribution in [0, 0.1) is 13.8 Å². The highest BCUT2D eigenvalue weighted by Crippen LogP contribution is 2.29. The number of rotatable bonds is 1. The lowest BCUT2D eigenvalue weighted by Gasteiger charge is -2.12. The van der Waals surface area contributed by atoms with E-state index >= 15 is 0 Å². The van der Waals surface area contributed by atoms with E-state index in [1.165, 1.54) is 33.4 Å². The quantitative estimate of drug-likeness (QED) is 0.631. The van der Waals surface area contributed by atoms with Gasteiger partial charge in [-0.05, 0) is 56.4 Å². The summed E-state index contributed by atoms with van der Waals surface area (Å²) in [6.07, 6.45) is 7.78. The summed E-state index contributed by atoms with van der Waals surface area (Å²) in [5, 5.41) is 0. The number of allylic oxidation sites excluding steroid dienone is 6. The molecule has 0 saturated heterocycles. The number of hydrogen-bond donors (Lipinski definition) is 0. The average molecular weight is 224 g/mol. The van der Waals surface area contributed by atoms with E-state index in [-0.39, 0.29) is 0 Å². The molecule has 1 aromatic carbocycles. The molecule has 0 fully saturated rings. The van der Waals surface area contributed by atoms with Gasteiger partial charge in [-0.3, -0.25) is 0 Å². The molecule has 0 unspecified atom stereocenters. The van der Waals surface area contributed by atoms with Gasteiger partial charge in [0.1, 0.15) is 0 Å². The third-order valence-electron chi connectivity index (χ3n) is 3.33. The van der Waals surface area contributed by atoms with Crippen LogP contribution in [0.25, 0.3) is 5.57 Å². The lowest BCUT2D eigenvalue weighted by molar-refractivity contribution is 1.29. The van der Waals surface area contributed by atoms with Crippen molar-refractivity contribution in [1.29, 1.82) is 0 Å². The second-order valence-electron chi connectivity index (χ2n) is 4.97. The molecule has 0 nitrogen and oxygen atoms in total. The normalized spacial score (nSPS) is 15.9. The second-order valence-corrected chi connectivity index (χ2v) is 4.97. The first-order valence-corrected chi connectivity index (χ1v) is 6.20. The Balaban J connectivity index is 2.53. The summed E-state index contributed by atoms with van der Waals surface area (Å²) < 4.78 is 0. The molecule has 0 aromatic heterocycles. The first kappa shape index (κ1) is 11.9. The van der Waals surface area contributed by atoms with Gasteiger partial charge in [0.05, 0.1) is 0 Å². The van der Waals surface area contributed by atoms with Crippen molar-refractivity contribution in [2.45, 2.75) is 34.1 Å². The van der Waals surface area contributed by atoms with E-state index in [2.05, 4.69) is 64.1 Å². The molecule has 88 valence electrons. The van der Waals surface area contributed by atoms with Crippen LogP contribution in [-0.4, -0.2) is 0 Å². The van der Waals surface area contributed by atoms with E-state index < -0.39 is 0 Å². The van der Waals surface area contributed by atoms with E-state index in [4.69, 9.17) is 0 Å². The number of benzene rings is 1. The molecule has 2 rings (SSSR count). The summed E-state index contributed by atoms with van der Waals surface area (Å²) in [5.41, 5.74) is 8.28. The highest BCUT2D eigenvalue weighted by Gasteiger charge is 2.08. The summed E-state index contributed by atoms with van der Waals surface area (Å²) in [4.78, 5) is 0. The van der Waals surface area contributed by atoms with Crippen molar-refractivity contribution in [3.05, 3.63) is 64.3 Å². The molecule has 0 amide bonds. The molecule has 1 aliphatic rings. The fourth-order valence-corrected chi connectivity index (χ4v) is 2.47. The molecule has 0 atom stereocenters. The van der Waals surface area contributed by atoms with Crippen molar-refractivity contribution in [1.82, 2.24) is 0 Å². The van der Waals surface area contributed by atoms with Crippen LogP contribution in [0.3, 0.4) is 0 Å². The maximum Gasteiger partial charge on any atom is -0.00856 e. The average Bonchev–Trinajstić information content (AvgIpc) is 2.40. The second kappa shape index (κ2) is 4.75. The minimum atomic E-state index is 1.03. The van der Waals surface area contributed by atoms with Crippen molar-refractivity contribution < 1.29 is 0 Å². The van der Waals surface area contributed by atoms with E-state index in [9.17, 15) is 0 Å². The van der Waals surface area contributed by atoms with Gasteiger partial charge < -0.3 is 0 Å². The molecule has 0 saturated carbocycles. The Kier molecular flexibility index (Phi) is 3.33. The molecule has 0 heterocycles. The van der Waals surface area contributed by atoms with Gasteiger partial charge in [0.25, 0.3) is 0 Å². The lowest BCUT2D eigenvalue weighted by atomic mass is 9.93. The Labute approximate surface area is 104 Å². The number of aryl methyl sites for hydroxylation is 2. The van der Waals surface area contributed by atoms with Crippen LogP contribution in [-0.2, 0) is 0 Å². The number of hydrogen-bond acceptors (Lipinski definition) is 0. The summed E-state index contributed by atoms with van der Waals surface area (Å²) in [5.74, 6) is 0. The van der Waals surface area contributed by atoms with Crippen LogP contribution in [0.15, 0.2) is 47.6 Å². The topological polar surface area (TPSA) is 0 Å². The highest BCUT2D eigenvalue weighted by molar-refractivity contribution is 5.74. The summed E-state index contributed by atoms with van der Waals surface area (Å²) >= 11 is 0. The zero-order valence-electron chi connectivity index (χ0n) is 11.2. The van der Waals surface area contributed by atoms with Crippen LogP contribution >= 0.6 is 0 Å². The van der Waals surface area contributed by atoms with Crippen LogP contribution < -0.4 is 0 Å². The Bertz CT molecular complexity index is 525. The van der Waals surface area contributed by atoms with Crippen LogP contribution in [0.5, 0.6) is 0 Å². The molecule has 0 radical (unpaired) electrons. The van der Waals surface area contributed by atoms with Gasteiger partial charge in [-0.15, -0.1) is 0 Å². The zero-order valence-corrected chi connectivity index (χ0v) is 11.2. The molecule has 1 aliphatic carbocycles. The third kappa shape index (κ3) is 2.58. The van der Waals surface area contributed by atoms with Crippen molar-refractivity contribution in [2.24, 2.45) is 0 Å². The zero-order chi connectivity index (χ0) is 12.4. The monoisotopic (exact) mass is 224 g/mol. The molecule has 0 bridgehead atoms. The fourth-order valence-electron chi connectivity index (χ4n) is 2.47. The van der Waals surface area contributed by atoms with Gasteiger partial charge in [0.2, 0.25) is 0 Å². The smallest absolute Gasteiger partial charge is 0.00856 e. The largest absolute Gasteiger partial charge is 0.0798 e. The van der Waals surface area contributed by atoms with Crippen LogP contribution in [0.2, 0.25) is 0 Å². The minimum absolute atomic E-state index is 1.03. The maximum atomic E-state index is 2.28. The van der Waals surface area contributed by atoms with Crippen molar-refractivity contribution in [2.75, 3.05) is 0 Å². The van der Waals surface area contributed by atoms with Crippen LogP contribution in [0.4, 0.5) is 0 Å². The van der Waals surface area contributed by atoms with Crippen molar-refractivity contribution in [3.8, 4) is 0 Å². The van der Waals surface area contributed by atoms with Crippen LogP contribution in [0.1, 0.15) is 37.0 Å². The Hall–Kier alpha value is -1.56.